The van der Waals surface area contributed by atoms with Crippen LogP contribution in [0.3, 0.4) is 0 Å². The number of aliphatic imine (C=N–C) groups is 1. The van der Waals surface area contributed by atoms with Crippen molar-refractivity contribution in [3.8, 4) is 0 Å². The third-order valence-corrected chi connectivity index (χ3v) is 5.97. The molecule has 2 heterocycles. The van der Waals surface area contributed by atoms with E-state index in [1.54, 1.807) is 19.0 Å². The Balaban J connectivity index is 2.02. The number of nitrogens with zero attached hydrogens (tertiary/aromatic N) is 3. The second-order valence-corrected chi connectivity index (χ2v) is 8.74. The molecule has 0 aromatic carbocycles. The Kier molecular flexibility index (Phi) is 11.1. The van der Waals surface area contributed by atoms with E-state index in [1.807, 2.05) is 18.3 Å². The molecule has 2 N–H and O–H groups in total. The average molecular weight is 440 g/mol. The molecule has 1 unspecified atom stereocenters. The maximum absolute atomic E-state index is 12.0. The van der Waals surface area contributed by atoms with E-state index >= 15 is 0 Å². The molecule has 1 aliphatic rings. The summed E-state index contributed by atoms with van der Waals surface area (Å²) in [4.78, 5) is 23.2. The molecule has 1 atom stereocenters. The molecule has 2 rings (SSSR count). The Morgan fingerprint density at radius 3 is 2.73 bits per heavy atom. The lowest BCUT2D eigenvalue weighted by Crippen LogP contribution is -2.46. The molecular formula is C21H37N5O3S. The van der Waals surface area contributed by atoms with Crippen molar-refractivity contribution in [2.75, 3.05) is 73.2 Å². The smallest absolute Gasteiger partial charge is 0.243 e. The molecule has 0 spiro atoms. The SMILES string of the molecule is CCOCCCNC(=NCC(=O)N(C)C)NCC(c1ccc(C)s1)N1CCOCC1. The molecule has 0 saturated carbocycles. The standard InChI is InChI=1S/C21H37N5O3S/c1-5-28-12-6-9-22-21(24-16-20(27)25(3)4)23-15-18(19-8-7-17(2)30-19)26-10-13-29-14-11-26/h7-8,18H,5-6,9-16H2,1-4H3,(H2,22,23,24). The van der Waals surface area contributed by atoms with Gasteiger partial charge in [-0.2, -0.15) is 0 Å². The Labute approximate surface area is 184 Å². The van der Waals surface area contributed by atoms with Crippen LogP contribution in [0, 0.1) is 6.92 Å². The van der Waals surface area contributed by atoms with Gasteiger partial charge in [0, 0.05) is 63.2 Å². The van der Waals surface area contributed by atoms with Gasteiger partial charge in [-0.05, 0) is 32.4 Å². The molecule has 0 bridgehead atoms. The number of likely N-dealkylation sites (N-methyl/N-ethyl adjacent to an activating group) is 1. The number of rotatable bonds is 11. The van der Waals surface area contributed by atoms with Gasteiger partial charge in [0.2, 0.25) is 5.91 Å². The first-order valence-electron chi connectivity index (χ1n) is 10.7. The highest BCUT2D eigenvalue weighted by Crippen LogP contribution is 2.27. The third kappa shape index (κ3) is 8.59. The Bertz CT molecular complexity index is 659. The highest BCUT2D eigenvalue weighted by Gasteiger charge is 2.24. The van der Waals surface area contributed by atoms with Crippen molar-refractivity contribution in [2.45, 2.75) is 26.3 Å². The minimum absolute atomic E-state index is 0.0240. The summed E-state index contributed by atoms with van der Waals surface area (Å²) in [7, 11) is 3.49. The first-order chi connectivity index (χ1) is 14.5. The van der Waals surface area contributed by atoms with Crippen molar-refractivity contribution in [3.63, 3.8) is 0 Å². The van der Waals surface area contributed by atoms with Crippen molar-refractivity contribution in [3.05, 3.63) is 21.9 Å². The van der Waals surface area contributed by atoms with Gasteiger partial charge in [-0.1, -0.05) is 0 Å². The van der Waals surface area contributed by atoms with Gasteiger partial charge in [-0.25, -0.2) is 4.99 Å². The number of morpholine rings is 1. The quantitative estimate of drug-likeness (QED) is 0.309. The van der Waals surface area contributed by atoms with E-state index in [1.165, 1.54) is 9.75 Å². The number of carbonyl (C=O) groups excluding carboxylic acids is 1. The number of carbonyl (C=O) groups is 1. The van der Waals surface area contributed by atoms with Crippen LogP contribution < -0.4 is 10.6 Å². The van der Waals surface area contributed by atoms with Crippen LogP contribution in [0.5, 0.6) is 0 Å². The number of guanidine groups is 1. The molecule has 1 aromatic rings. The second kappa shape index (κ2) is 13.6. The molecule has 1 aromatic heterocycles. The van der Waals surface area contributed by atoms with Crippen LogP contribution in [0.1, 0.15) is 29.1 Å². The molecule has 1 fully saturated rings. The van der Waals surface area contributed by atoms with E-state index in [0.717, 1.165) is 45.9 Å². The number of hydrogen-bond acceptors (Lipinski definition) is 6. The largest absolute Gasteiger partial charge is 0.382 e. The monoisotopic (exact) mass is 439 g/mol. The summed E-state index contributed by atoms with van der Waals surface area (Å²) >= 11 is 1.83. The van der Waals surface area contributed by atoms with Gasteiger partial charge >= 0.3 is 0 Å². The van der Waals surface area contributed by atoms with Gasteiger partial charge in [0.25, 0.3) is 0 Å². The summed E-state index contributed by atoms with van der Waals surface area (Å²) in [6.45, 7) is 10.5. The normalized spacial score (nSPS) is 16.3. The van der Waals surface area contributed by atoms with Crippen LogP contribution in [0.4, 0.5) is 0 Å². The number of hydrogen-bond donors (Lipinski definition) is 2. The third-order valence-electron chi connectivity index (χ3n) is 4.87. The topological polar surface area (TPSA) is 78.4 Å². The summed E-state index contributed by atoms with van der Waals surface area (Å²) in [5.74, 6) is 0.636. The first-order valence-corrected chi connectivity index (χ1v) is 11.5. The van der Waals surface area contributed by atoms with Gasteiger partial charge < -0.3 is 25.0 Å². The van der Waals surface area contributed by atoms with Crippen LogP contribution in [0.15, 0.2) is 17.1 Å². The summed E-state index contributed by atoms with van der Waals surface area (Å²) in [6.07, 6.45) is 0.882. The van der Waals surface area contributed by atoms with Crippen molar-refractivity contribution in [1.82, 2.24) is 20.4 Å². The summed E-state index contributed by atoms with van der Waals surface area (Å²) in [6, 6.07) is 4.63. The molecule has 1 aliphatic heterocycles. The Morgan fingerprint density at radius 2 is 2.10 bits per heavy atom. The average Bonchev–Trinajstić information content (AvgIpc) is 3.17. The Morgan fingerprint density at radius 1 is 1.33 bits per heavy atom. The van der Waals surface area contributed by atoms with E-state index in [9.17, 15) is 4.79 Å². The maximum Gasteiger partial charge on any atom is 0.243 e. The molecule has 0 radical (unpaired) electrons. The molecular weight excluding hydrogens is 402 g/mol. The van der Waals surface area contributed by atoms with Crippen LogP contribution >= 0.6 is 11.3 Å². The number of aryl methyl sites for hydroxylation is 1. The van der Waals surface area contributed by atoms with E-state index in [2.05, 4.69) is 39.6 Å². The summed E-state index contributed by atoms with van der Waals surface area (Å²) in [5, 5.41) is 6.80. The molecule has 1 saturated heterocycles. The number of nitrogens with one attached hydrogen (secondary N) is 2. The van der Waals surface area contributed by atoms with E-state index in [4.69, 9.17) is 9.47 Å². The minimum atomic E-state index is -0.0240. The fraction of sp³-hybridized carbons (Fsp3) is 0.714. The molecule has 1 amide bonds. The van der Waals surface area contributed by atoms with Crippen LogP contribution in [0.25, 0.3) is 0 Å². The maximum atomic E-state index is 12.0. The van der Waals surface area contributed by atoms with Crippen molar-refractivity contribution in [1.29, 1.82) is 0 Å². The molecule has 8 nitrogen and oxygen atoms in total. The van der Waals surface area contributed by atoms with E-state index in [0.29, 0.717) is 19.1 Å². The lowest BCUT2D eigenvalue weighted by Gasteiger charge is -2.34. The zero-order valence-electron chi connectivity index (χ0n) is 18.8. The minimum Gasteiger partial charge on any atom is -0.382 e. The molecule has 0 aliphatic carbocycles. The zero-order chi connectivity index (χ0) is 21.8. The number of thiophene rings is 1. The second-order valence-electron chi connectivity index (χ2n) is 7.42. The van der Waals surface area contributed by atoms with Gasteiger partial charge in [-0.15, -0.1) is 11.3 Å². The van der Waals surface area contributed by atoms with Crippen molar-refractivity contribution >= 4 is 23.2 Å². The van der Waals surface area contributed by atoms with Crippen LogP contribution in [0.2, 0.25) is 0 Å². The van der Waals surface area contributed by atoms with E-state index < -0.39 is 0 Å². The summed E-state index contributed by atoms with van der Waals surface area (Å²) < 4.78 is 10.9. The molecule has 9 heteroatoms. The predicted octanol–water partition coefficient (Wildman–Crippen LogP) is 1.48. The number of ether oxygens (including phenoxy) is 2. The van der Waals surface area contributed by atoms with Crippen LogP contribution in [-0.4, -0.2) is 94.9 Å². The number of amides is 1. The zero-order valence-corrected chi connectivity index (χ0v) is 19.6. The van der Waals surface area contributed by atoms with E-state index in [-0.39, 0.29) is 18.5 Å². The van der Waals surface area contributed by atoms with Gasteiger partial charge in [0.15, 0.2) is 5.96 Å². The predicted molar refractivity (Wildman–Crippen MR) is 122 cm³/mol. The fourth-order valence-corrected chi connectivity index (χ4v) is 4.12. The van der Waals surface area contributed by atoms with Gasteiger partial charge in [0.1, 0.15) is 6.54 Å². The van der Waals surface area contributed by atoms with Crippen molar-refractivity contribution in [2.24, 2.45) is 4.99 Å². The molecule has 170 valence electrons. The Hall–Kier alpha value is -1.68. The lowest BCUT2D eigenvalue weighted by atomic mass is 10.2. The van der Waals surface area contributed by atoms with Crippen LogP contribution in [-0.2, 0) is 14.3 Å². The highest BCUT2D eigenvalue weighted by molar-refractivity contribution is 7.12. The lowest BCUT2D eigenvalue weighted by molar-refractivity contribution is -0.127. The fourth-order valence-electron chi connectivity index (χ4n) is 3.11. The van der Waals surface area contributed by atoms with Crippen molar-refractivity contribution < 1.29 is 14.3 Å². The van der Waals surface area contributed by atoms with Gasteiger partial charge in [0.05, 0.1) is 19.3 Å². The first kappa shape index (κ1) is 24.6. The summed E-state index contributed by atoms with van der Waals surface area (Å²) in [5.41, 5.74) is 0. The van der Waals surface area contributed by atoms with Gasteiger partial charge in [-0.3, -0.25) is 9.69 Å². The highest BCUT2D eigenvalue weighted by atomic mass is 32.1. The molecule has 30 heavy (non-hydrogen) atoms.